The molecule has 0 aliphatic heterocycles. The highest BCUT2D eigenvalue weighted by Crippen LogP contribution is 2.36. The molecule has 0 saturated carbocycles. The number of carbonyl (C=O) groups excluding carboxylic acids is 2. The number of hydrogen-bond acceptors (Lipinski definition) is 6. The molecule has 0 rings (SSSR count). The SMILES string of the molecule is CC/C=C\C/C=C\C/C=C\C/C=C\CCCCCCCCC(=O)OC(COC(=O)CCCCCCCCCCCCCCCC)COP(=O)(O)O. The monoisotopic (exact) mass is 739 g/mol. The molecular weight excluding hydrogens is 663 g/mol. The Morgan fingerprint density at radius 2 is 0.941 bits per heavy atom. The smallest absolute Gasteiger partial charge is 0.462 e. The highest BCUT2D eigenvalue weighted by molar-refractivity contribution is 7.46. The number of ether oxygens (including phenoxy) is 2. The van der Waals surface area contributed by atoms with Crippen molar-refractivity contribution in [1.29, 1.82) is 0 Å². The first-order valence-corrected chi connectivity index (χ1v) is 22.0. The highest BCUT2D eigenvalue weighted by atomic mass is 31.2. The Kier molecular flexibility index (Phi) is 36.3. The largest absolute Gasteiger partial charge is 0.469 e. The lowest BCUT2D eigenvalue weighted by Crippen LogP contribution is -2.29. The van der Waals surface area contributed by atoms with Gasteiger partial charge >= 0.3 is 19.8 Å². The van der Waals surface area contributed by atoms with Gasteiger partial charge in [0.1, 0.15) is 6.61 Å². The number of carbonyl (C=O) groups is 2. The van der Waals surface area contributed by atoms with Gasteiger partial charge in [-0.05, 0) is 51.4 Å². The summed E-state index contributed by atoms with van der Waals surface area (Å²) in [6.07, 6.45) is 45.4. The summed E-state index contributed by atoms with van der Waals surface area (Å²) in [6, 6.07) is 0. The van der Waals surface area contributed by atoms with Crippen molar-refractivity contribution >= 4 is 19.8 Å². The van der Waals surface area contributed by atoms with Crippen LogP contribution in [-0.2, 0) is 28.2 Å². The highest BCUT2D eigenvalue weighted by Gasteiger charge is 2.22. The van der Waals surface area contributed by atoms with Crippen LogP contribution in [0, 0.1) is 0 Å². The minimum atomic E-state index is -4.76. The van der Waals surface area contributed by atoms with Gasteiger partial charge in [0, 0.05) is 12.8 Å². The minimum Gasteiger partial charge on any atom is -0.462 e. The Morgan fingerprint density at radius 1 is 0.529 bits per heavy atom. The van der Waals surface area contributed by atoms with Crippen LogP contribution in [0.25, 0.3) is 0 Å². The quantitative estimate of drug-likeness (QED) is 0.0280. The first kappa shape index (κ1) is 49.0. The fourth-order valence-electron chi connectivity index (χ4n) is 5.60. The van der Waals surface area contributed by atoms with Gasteiger partial charge in [-0.25, -0.2) is 4.57 Å². The van der Waals surface area contributed by atoms with Crippen LogP contribution in [0.1, 0.15) is 187 Å². The summed E-state index contributed by atoms with van der Waals surface area (Å²) < 4.78 is 26.4. The number of phosphoric acid groups is 1. The molecule has 0 amide bonds. The van der Waals surface area contributed by atoms with Gasteiger partial charge in [0.15, 0.2) is 6.10 Å². The third-order valence-corrected chi connectivity index (χ3v) is 9.10. The molecule has 0 radical (unpaired) electrons. The number of unbranched alkanes of at least 4 members (excludes halogenated alkanes) is 19. The van der Waals surface area contributed by atoms with Crippen molar-refractivity contribution in [2.45, 2.75) is 193 Å². The molecule has 0 aromatic carbocycles. The Morgan fingerprint density at radius 3 is 1.41 bits per heavy atom. The summed E-state index contributed by atoms with van der Waals surface area (Å²) >= 11 is 0. The summed E-state index contributed by atoms with van der Waals surface area (Å²) in [5, 5.41) is 0. The molecule has 2 N–H and O–H groups in total. The molecule has 1 unspecified atom stereocenters. The van der Waals surface area contributed by atoms with Crippen LogP contribution in [0.5, 0.6) is 0 Å². The van der Waals surface area contributed by atoms with Gasteiger partial charge in [-0.3, -0.25) is 14.1 Å². The Balaban J connectivity index is 3.95. The van der Waals surface area contributed by atoms with Crippen molar-refractivity contribution in [1.82, 2.24) is 0 Å². The zero-order valence-electron chi connectivity index (χ0n) is 32.5. The molecule has 0 heterocycles. The van der Waals surface area contributed by atoms with E-state index in [0.29, 0.717) is 6.42 Å². The summed E-state index contributed by atoms with van der Waals surface area (Å²) in [5.41, 5.74) is 0. The Hall–Kier alpha value is -1.99. The average molecular weight is 739 g/mol. The van der Waals surface area contributed by atoms with E-state index < -0.39 is 32.5 Å². The molecule has 0 bridgehead atoms. The average Bonchev–Trinajstić information content (AvgIpc) is 3.10. The Labute approximate surface area is 312 Å². The van der Waals surface area contributed by atoms with E-state index in [1.807, 2.05) is 0 Å². The van der Waals surface area contributed by atoms with Gasteiger partial charge in [0.05, 0.1) is 6.61 Å². The lowest BCUT2D eigenvalue weighted by Gasteiger charge is -2.18. The Bertz CT molecular complexity index is 968. The predicted molar refractivity (Wildman–Crippen MR) is 211 cm³/mol. The standard InChI is InChI=1S/C42H75O8P/c1-3-5-7-9-11-13-15-17-19-20-21-22-23-25-27-29-31-33-35-37-42(44)50-40(39-49-51(45,46)47)38-48-41(43)36-34-32-30-28-26-24-18-16-14-12-10-8-6-4-2/h5,7,11,13,17,19,21-22,40H,3-4,6,8-10,12,14-16,18,20,23-39H2,1-2H3,(H2,45,46,47)/b7-5-,13-11-,19-17-,22-21-. The zero-order chi connectivity index (χ0) is 37.5. The number of rotatable bonds is 37. The van der Waals surface area contributed by atoms with E-state index in [9.17, 15) is 14.2 Å². The fourth-order valence-corrected chi connectivity index (χ4v) is 5.96. The first-order valence-electron chi connectivity index (χ1n) is 20.4. The molecule has 1 atom stereocenters. The van der Waals surface area contributed by atoms with Crippen LogP contribution >= 0.6 is 7.82 Å². The molecule has 9 heteroatoms. The van der Waals surface area contributed by atoms with E-state index in [1.54, 1.807) is 0 Å². The maximum absolute atomic E-state index is 12.4. The topological polar surface area (TPSA) is 119 Å². The molecule has 0 aliphatic carbocycles. The molecule has 296 valence electrons. The molecule has 0 aromatic heterocycles. The van der Waals surface area contributed by atoms with Crippen LogP contribution in [0.15, 0.2) is 48.6 Å². The summed E-state index contributed by atoms with van der Waals surface area (Å²) in [5.74, 6) is -0.898. The summed E-state index contributed by atoms with van der Waals surface area (Å²) in [6.45, 7) is 3.56. The van der Waals surface area contributed by atoms with Gasteiger partial charge < -0.3 is 19.3 Å². The lowest BCUT2D eigenvalue weighted by molar-refractivity contribution is -0.161. The maximum Gasteiger partial charge on any atom is 0.469 e. The maximum atomic E-state index is 12.4. The molecule has 0 spiro atoms. The first-order chi connectivity index (χ1) is 24.8. The summed E-state index contributed by atoms with van der Waals surface area (Å²) in [7, 11) is -4.76. The van der Waals surface area contributed by atoms with Gasteiger partial charge in [-0.2, -0.15) is 0 Å². The van der Waals surface area contributed by atoms with Crippen LogP contribution in [0.4, 0.5) is 0 Å². The molecule has 0 aliphatic rings. The van der Waals surface area contributed by atoms with Crippen LogP contribution in [0.3, 0.4) is 0 Å². The van der Waals surface area contributed by atoms with Crippen LogP contribution in [0.2, 0.25) is 0 Å². The van der Waals surface area contributed by atoms with Crippen molar-refractivity contribution in [3.8, 4) is 0 Å². The normalized spacial score (nSPS) is 12.9. The van der Waals surface area contributed by atoms with Crippen molar-refractivity contribution in [3.05, 3.63) is 48.6 Å². The van der Waals surface area contributed by atoms with E-state index >= 15 is 0 Å². The van der Waals surface area contributed by atoms with E-state index in [-0.39, 0.29) is 19.4 Å². The van der Waals surface area contributed by atoms with Crippen molar-refractivity contribution in [2.75, 3.05) is 13.2 Å². The molecule has 8 nitrogen and oxygen atoms in total. The van der Waals surface area contributed by atoms with E-state index in [2.05, 4.69) is 67.0 Å². The second-order valence-corrected chi connectivity index (χ2v) is 14.8. The third kappa shape index (κ3) is 40.6. The van der Waals surface area contributed by atoms with E-state index in [1.165, 1.54) is 70.6 Å². The summed E-state index contributed by atoms with van der Waals surface area (Å²) in [4.78, 5) is 42.8. The van der Waals surface area contributed by atoms with Gasteiger partial charge in [-0.1, -0.05) is 172 Å². The number of hydrogen-bond donors (Lipinski definition) is 2. The van der Waals surface area contributed by atoms with Gasteiger partial charge in [-0.15, -0.1) is 0 Å². The molecule has 51 heavy (non-hydrogen) atoms. The second-order valence-electron chi connectivity index (χ2n) is 13.6. The minimum absolute atomic E-state index is 0.196. The third-order valence-electron chi connectivity index (χ3n) is 8.61. The number of phosphoric ester groups is 1. The van der Waals surface area contributed by atoms with Gasteiger partial charge in [0.25, 0.3) is 0 Å². The number of esters is 2. The molecule has 0 aromatic rings. The van der Waals surface area contributed by atoms with E-state index in [0.717, 1.165) is 83.5 Å². The second kappa shape index (κ2) is 37.8. The van der Waals surface area contributed by atoms with Crippen LogP contribution in [-0.4, -0.2) is 41.0 Å². The number of allylic oxidation sites excluding steroid dienone is 8. The predicted octanol–water partition coefficient (Wildman–Crippen LogP) is 12.3. The molecule has 0 saturated heterocycles. The fraction of sp³-hybridized carbons (Fsp3) is 0.762. The molecular formula is C42H75O8P. The van der Waals surface area contributed by atoms with Crippen molar-refractivity contribution < 1.29 is 37.9 Å². The van der Waals surface area contributed by atoms with E-state index in [4.69, 9.17) is 19.3 Å². The van der Waals surface area contributed by atoms with Crippen molar-refractivity contribution in [3.63, 3.8) is 0 Å². The van der Waals surface area contributed by atoms with Crippen molar-refractivity contribution in [2.24, 2.45) is 0 Å². The molecule has 0 fully saturated rings. The van der Waals surface area contributed by atoms with Gasteiger partial charge in [0.2, 0.25) is 0 Å². The van der Waals surface area contributed by atoms with Crippen LogP contribution < -0.4 is 0 Å². The lowest BCUT2D eigenvalue weighted by atomic mass is 10.0. The zero-order valence-corrected chi connectivity index (χ0v) is 33.4.